The van der Waals surface area contributed by atoms with E-state index >= 15 is 0 Å². The van der Waals surface area contributed by atoms with Crippen molar-refractivity contribution >= 4 is 5.69 Å². The van der Waals surface area contributed by atoms with Gasteiger partial charge in [-0.3, -0.25) is 4.68 Å². The molecule has 1 N–H and O–H groups in total. The van der Waals surface area contributed by atoms with Crippen molar-refractivity contribution in [1.82, 2.24) is 19.6 Å². The van der Waals surface area contributed by atoms with Gasteiger partial charge in [-0.1, -0.05) is 6.92 Å². The van der Waals surface area contributed by atoms with Gasteiger partial charge in [0.05, 0.1) is 18.4 Å². The average molecular weight is 279 g/mol. The van der Waals surface area contributed by atoms with Gasteiger partial charge in [-0.25, -0.2) is 0 Å². The lowest BCUT2D eigenvalue weighted by molar-refractivity contribution is 0.145. The number of piperidine rings is 1. The van der Waals surface area contributed by atoms with E-state index in [0.717, 1.165) is 25.3 Å². The molecule has 5 nitrogen and oxygen atoms in total. The first-order chi connectivity index (χ1) is 9.45. The number of aromatic nitrogens is 2. The molecule has 0 aliphatic carbocycles. The molecular formula is C15H29N5. The third-order valence-corrected chi connectivity index (χ3v) is 4.37. The molecule has 1 aliphatic heterocycles. The van der Waals surface area contributed by atoms with E-state index in [1.165, 1.54) is 6.42 Å². The minimum Gasteiger partial charge on any atom is -0.379 e. The third-order valence-electron chi connectivity index (χ3n) is 4.37. The molecule has 1 aliphatic rings. The largest absolute Gasteiger partial charge is 0.379 e. The maximum absolute atomic E-state index is 4.43. The van der Waals surface area contributed by atoms with Gasteiger partial charge in [-0.15, -0.1) is 0 Å². The summed E-state index contributed by atoms with van der Waals surface area (Å²) in [5, 5.41) is 8.10. The predicted octanol–water partition coefficient (Wildman–Crippen LogP) is 1.59. The molecule has 20 heavy (non-hydrogen) atoms. The second-order valence-corrected chi connectivity index (χ2v) is 6.55. The minimum atomic E-state index is 0.549. The third kappa shape index (κ3) is 3.96. The number of hydrogen-bond acceptors (Lipinski definition) is 4. The van der Waals surface area contributed by atoms with E-state index in [-0.39, 0.29) is 0 Å². The van der Waals surface area contributed by atoms with Gasteiger partial charge in [0.15, 0.2) is 0 Å². The first-order valence-electron chi connectivity index (χ1n) is 7.59. The highest BCUT2D eigenvalue weighted by molar-refractivity contribution is 5.39. The first-order valence-corrected chi connectivity index (χ1v) is 7.59. The Hall–Kier alpha value is -1.07. The van der Waals surface area contributed by atoms with Crippen LogP contribution in [0.2, 0.25) is 0 Å². The summed E-state index contributed by atoms with van der Waals surface area (Å²) in [6, 6.07) is 1.19. The van der Waals surface area contributed by atoms with Crippen molar-refractivity contribution in [2.24, 2.45) is 5.92 Å². The Balaban J connectivity index is 1.89. The Bertz CT molecular complexity index is 414. The van der Waals surface area contributed by atoms with Crippen molar-refractivity contribution in [1.29, 1.82) is 0 Å². The first kappa shape index (κ1) is 15.3. The van der Waals surface area contributed by atoms with Crippen molar-refractivity contribution in [3.05, 3.63) is 12.4 Å². The molecule has 1 aromatic heterocycles. The summed E-state index contributed by atoms with van der Waals surface area (Å²) in [5.74, 6) is 0.668. The summed E-state index contributed by atoms with van der Waals surface area (Å²) in [6.07, 6.45) is 5.27. The molecule has 114 valence electrons. The summed E-state index contributed by atoms with van der Waals surface area (Å²) < 4.78 is 2.02. The highest BCUT2D eigenvalue weighted by atomic mass is 15.3. The molecule has 1 fully saturated rings. The fourth-order valence-electron chi connectivity index (χ4n) is 2.82. The SMILES string of the molecule is C[C@@H]1CN(C)[C@@H](C)C[C@H]1Nc1cnn(CCN(C)C)c1. The number of nitrogens with zero attached hydrogens (tertiary/aromatic N) is 4. The summed E-state index contributed by atoms with van der Waals surface area (Å²) >= 11 is 0. The zero-order valence-corrected chi connectivity index (χ0v) is 13.5. The second kappa shape index (κ2) is 6.59. The van der Waals surface area contributed by atoms with E-state index in [4.69, 9.17) is 0 Å². The number of hydrogen-bond donors (Lipinski definition) is 1. The quantitative estimate of drug-likeness (QED) is 0.888. The normalized spacial score (nSPS) is 28.0. The van der Waals surface area contributed by atoms with Crippen molar-refractivity contribution in [3.8, 4) is 0 Å². The zero-order valence-electron chi connectivity index (χ0n) is 13.5. The fourth-order valence-corrected chi connectivity index (χ4v) is 2.82. The van der Waals surface area contributed by atoms with Crippen molar-refractivity contribution in [2.45, 2.75) is 38.9 Å². The minimum absolute atomic E-state index is 0.549. The Morgan fingerprint density at radius 2 is 2.15 bits per heavy atom. The molecular weight excluding hydrogens is 250 g/mol. The highest BCUT2D eigenvalue weighted by Crippen LogP contribution is 2.24. The lowest BCUT2D eigenvalue weighted by atomic mass is 9.90. The molecule has 1 aromatic rings. The Morgan fingerprint density at radius 3 is 2.85 bits per heavy atom. The summed E-state index contributed by atoms with van der Waals surface area (Å²) in [4.78, 5) is 4.62. The predicted molar refractivity (Wildman–Crippen MR) is 84.1 cm³/mol. The summed E-state index contributed by atoms with van der Waals surface area (Å²) in [6.45, 7) is 7.75. The van der Waals surface area contributed by atoms with Crippen LogP contribution in [0.4, 0.5) is 5.69 Å². The molecule has 2 rings (SSSR count). The fraction of sp³-hybridized carbons (Fsp3) is 0.800. The van der Waals surface area contributed by atoms with Crippen LogP contribution in [0, 0.1) is 5.92 Å². The molecule has 5 heteroatoms. The number of likely N-dealkylation sites (tertiary alicyclic amines) is 1. The maximum Gasteiger partial charge on any atom is 0.0728 e. The molecule has 0 saturated carbocycles. The van der Waals surface area contributed by atoms with Crippen molar-refractivity contribution in [2.75, 3.05) is 39.5 Å². The summed E-state index contributed by atoms with van der Waals surface area (Å²) in [5.41, 5.74) is 1.15. The molecule has 0 spiro atoms. The van der Waals surface area contributed by atoms with Gasteiger partial charge in [0.2, 0.25) is 0 Å². The van der Waals surface area contributed by atoms with Crippen LogP contribution in [-0.4, -0.2) is 65.9 Å². The molecule has 0 bridgehead atoms. The molecule has 0 aromatic carbocycles. The number of anilines is 1. The van der Waals surface area contributed by atoms with E-state index in [1.54, 1.807) is 0 Å². The topological polar surface area (TPSA) is 36.3 Å². The lowest BCUT2D eigenvalue weighted by Crippen LogP contribution is -2.48. The molecule has 3 atom stereocenters. The Morgan fingerprint density at radius 1 is 1.40 bits per heavy atom. The standard InChI is InChI=1S/C15H29N5/c1-12-10-19(5)13(2)8-15(12)17-14-9-16-20(11-14)7-6-18(3)4/h9,11-13,15,17H,6-8,10H2,1-5H3/t12-,13+,15-/m1/s1. The maximum atomic E-state index is 4.43. The molecule has 0 unspecified atom stereocenters. The average Bonchev–Trinajstić information content (AvgIpc) is 2.81. The van der Waals surface area contributed by atoms with Gasteiger partial charge in [-0.2, -0.15) is 5.10 Å². The van der Waals surface area contributed by atoms with E-state index in [1.807, 2.05) is 10.9 Å². The molecule has 0 amide bonds. The number of nitrogens with one attached hydrogen (secondary N) is 1. The highest BCUT2D eigenvalue weighted by Gasteiger charge is 2.28. The molecule has 0 radical (unpaired) electrons. The number of rotatable bonds is 5. The zero-order chi connectivity index (χ0) is 14.7. The van der Waals surface area contributed by atoms with Gasteiger partial charge < -0.3 is 15.1 Å². The number of likely N-dealkylation sites (N-methyl/N-ethyl adjacent to an activating group) is 1. The van der Waals surface area contributed by atoms with Gasteiger partial charge in [0.25, 0.3) is 0 Å². The van der Waals surface area contributed by atoms with Crippen LogP contribution in [0.15, 0.2) is 12.4 Å². The van der Waals surface area contributed by atoms with Gasteiger partial charge in [-0.05, 0) is 40.4 Å². The van der Waals surface area contributed by atoms with Gasteiger partial charge in [0.1, 0.15) is 0 Å². The monoisotopic (exact) mass is 279 g/mol. The second-order valence-electron chi connectivity index (χ2n) is 6.55. The smallest absolute Gasteiger partial charge is 0.0728 e. The summed E-state index contributed by atoms with van der Waals surface area (Å²) in [7, 11) is 6.39. The molecule has 1 saturated heterocycles. The van der Waals surface area contributed by atoms with Crippen LogP contribution in [0.3, 0.4) is 0 Å². The van der Waals surface area contributed by atoms with Crippen LogP contribution in [0.1, 0.15) is 20.3 Å². The van der Waals surface area contributed by atoms with Gasteiger partial charge >= 0.3 is 0 Å². The lowest BCUT2D eigenvalue weighted by Gasteiger charge is -2.40. The Kier molecular flexibility index (Phi) is 5.05. The van der Waals surface area contributed by atoms with Crippen LogP contribution in [0.5, 0.6) is 0 Å². The van der Waals surface area contributed by atoms with E-state index < -0.39 is 0 Å². The van der Waals surface area contributed by atoms with E-state index in [9.17, 15) is 0 Å². The van der Waals surface area contributed by atoms with Crippen molar-refractivity contribution < 1.29 is 0 Å². The van der Waals surface area contributed by atoms with Crippen LogP contribution in [0.25, 0.3) is 0 Å². The van der Waals surface area contributed by atoms with E-state index in [2.05, 4.69) is 61.4 Å². The molecule has 2 heterocycles. The van der Waals surface area contributed by atoms with Crippen LogP contribution in [-0.2, 0) is 6.54 Å². The van der Waals surface area contributed by atoms with Gasteiger partial charge in [0, 0.05) is 31.4 Å². The van der Waals surface area contributed by atoms with Crippen LogP contribution < -0.4 is 5.32 Å². The van der Waals surface area contributed by atoms with Crippen LogP contribution >= 0.6 is 0 Å². The van der Waals surface area contributed by atoms with E-state index in [0.29, 0.717) is 18.0 Å². The Labute approximate surface area is 122 Å². The van der Waals surface area contributed by atoms with Crippen molar-refractivity contribution in [3.63, 3.8) is 0 Å².